The SMILES string of the molecule is Cc1cn(Cc2ccccc2)c(O)n1.Cl. The van der Waals surface area contributed by atoms with E-state index in [1.54, 1.807) is 4.57 Å². The molecule has 0 fully saturated rings. The zero-order chi connectivity index (χ0) is 9.97. The van der Waals surface area contributed by atoms with Gasteiger partial charge in [0.15, 0.2) is 0 Å². The predicted molar refractivity (Wildman–Crippen MR) is 61.4 cm³/mol. The molecular weight excluding hydrogens is 212 g/mol. The average molecular weight is 225 g/mol. The Kier molecular flexibility index (Phi) is 3.74. The van der Waals surface area contributed by atoms with Gasteiger partial charge in [0.2, 0.25) is 0 Å². The van der Waals surface area contributed by atoms with Crippen LogP contribution in [0.3, 0.4) is 0 Å². The molecule has 0 aliphatic rings. The second-order valence-corrected chi connectivity index (χ2v) is 3.30. The van der Waals surface area contributed by atoms with Crippen LogP contribution in [0.5, 0.6) is 6.01 Å². The number of rotatable bonds is 2. The van der Waals surface area contributed by atoms with Crippen LogP contribution in [0.2, 0.25) is 0 Å². The monoisotopic (exact) mass is 224 g/mol. The van der Waals surface area contributed by atoms with Crippen molar-refractivity contribution in [3.8, 4) is 6.01 Å². The van der Waals surface area contributed by atoms with Crippen LogP contribution >= 0.6 is 12.4 Å². The minimum absolute atomic E-state index is 0. The second-order valence-electron chi connectivity index (χ2n) is 3.30. The number of aryl methyl sites for hydroxylation is 1. The van der Waals surface area contributed by atoms with Gasteiger partial charge in [0.1, 0.15) is 0 Å². The fourth-order valence-corrected chi connectivity index (χ4v) is 1.43. The standard InChI is InChI=1S/C11H12N2O.ClH/c1-9-7-13(11(14)12-9)8-10-5-3-2-4-6-10;/h2-7H,8H2,1H3,(H,12,14);1H. The van der Waals surface area contributed by atoms with E-state index in [-0.39, 0.29) is 18.4 Å². The molecule has 0 saturated carbocycles. The van der Waals surface area contributed by atoms with Gasteiger partial charge < -0.3 is 5.11 Å². The number of aromatic hydroxyl groups is 1. The van der Waals surface area contributed by atoms with E-state index in [9.17, 15) is 5.11 Å². The summed E-state index contributed by atoms with van der Waals surface area (Å²) in [5.74, 6) is 0. The van der Waals surface area contributed by atoms with Crippen LogP contribution in [0, 0.1) is 6.92 Å². The van der Waals surface area contributed by atoms with E-state index in [0.717, 1.165) is 11.3 Å². The van der Waals surface area contributed by atoms with Crippen molar-refractivity contribution in [3.63, 3.8) is 0 Å². The van der Waals surface area contributed by atoms with E-state index in [1.807, 2.05) is 43.5 Å². The summed E-state index contributed by atoms with van der Waals surface area (Å²) < 4.78 is 1.73. The Hall–Kier alpha value is -1.48. The molecule has 80 valence electrons. The van der Waals surface area contributed by atoms with Crippen molar-refractivity contribution in [3.05, 3.63) is 47.8 Å². The van der Waals surface area contributed by atoms with Gasteiger partial charge in [-0.15, -0.1) is 12.4 Å². The van der Waals surface area contributed by atoms with Crippen molar-refractivity contribution in [1.82, 2.24) is 9.55 Å². The van der Waals surface area contributed by atoms with Crippen LogP contribution < -0.4 is 0 Å². The Labute approximate surface area is 94.8 Å². The highest BCUT2D eigenvalue weighted by atomic mass is 35.5. The van der Waals surface area contributed by atoms with Crippen molar-refractivity contribution >= 4 is 12.4 Å². The third-order valence-corrected chi connectivity index (χ3v) is 2.07. The van der Waals surface area contributed by atoms with Gasteiger partial charge in [0.05, 0.1) is 12.2 Å². The molecule has 15 heavy (non-hydrogen) atoms. The average Bonchev–Trinajstić information content (AvgIpc) is 2.47. The van der Waals surface area contributed by atoms with E-state index in [1.165, 1.54) is 0 Å². The topological polar surface area (TPSA) is 38.0 Å². The Morgan fingerprint density at radius 1 is 1.27 bits per heavy atom. The molecule has 0 aliphatic heterocycles. The van der Waals surface area contributed by atoms with Gasteiger partial charge in [0.25, 0.3) is 6.01 Å². The fraction of sp³-hybridized carbons (Fsp3) is 0.182. The van der Waals surface area contributed by atoms with Crippen LogP contribution in [0.1, 0.15) is 11.3 Å². The second kappa shape index (κ2) is 4.84. The molecule has 1 aromatic carbocycles. The summed E-state index contributed by atoms with van der Waals surface area (Å²) in [7, 11) is 0. The van der Waals surface area contributed by atoms with Crippen molar-refractivity contribution in [2.24, 2.45) is 0 Å². The molecular formula is C11H13ClN2O. The number of halogens is 1. The summed E-state index contributed by atoms with van der Waals surface area (Å²) >= 11 is 0. The molecule has 0 spiro atoms. The number of aromatic nitrogens is 2. The lowest BCUT2D eigenvalue weighted by molar-refractivity contribution is 0.405. The van der Waals surface area contributed by atoms with Gasteiger partial charge in [-0.2, -0.15) is 0 Å². The molecule has 0 saturated heterocycles. The normalized spacial score (nSPS) is 9.67. The lowest BCUT2D eigenvalue weighted by atomic mass is 10.2. The van der Waals surface area contributed by atoms with E-state index in [0.29, 0.717) is 6.54 Å². The maximum Gasteiger partial charge on any atom is 0.294 e. The van der Waals surface area contributed by atoms with Gasteiger partial charge in [-0.05, 0) is 12.5 Å². The number of hydrogen-bond acceptors (Lipinski definition) is 2. The van der Waals surface area contributed by atoms with Crippen LogP contribution in [-0.2, 0) is 6.54 Å². The van der Waals surface area contributed by atoms with E-state index in [4.69, 9.17) is 0 Å². The van der Waals surface area contributed by atoms with Crippen LogP contribution in [0.4, 0.5) is 0 Å². The zero-order valence-corrected chi connectivity index (χ0v) is 9.24. The van der Waals surface area contributed by atoms with E-state index >= 15 is 0 Å². The first-order valence-corrected chi connectivity index (χ1v) is 4.52. The lowest BCUT2D eigenvalue weighted by Crippen LogP contribution is -1.96. The highest BCUT2D eigenvalue weighted by Gasteiger charge is 2.02. The molecule has 0 radical (unpaired) electrons. The van der Waals surface area contributed by atoms with E-state index < -0.39 is 0 Å². The van der Waals surface area contributed by atoms with Crippen LogP contribution in [-0.4, -0.2) is 14.7 Å². The third-order valence-electron chi connectivity index (χ3n) is 2.07. The largest absolute Gasteiger partial charge is 0.480 e. The Bertz CT molecular complexity index is 425. The Morgan fingerprint density at radius 3 is 2.47 bits per heavy atom. The Morgan fingerprint density at radius 2 is 1.93 bits per heavy atom. The highest BCUT2D eigenvalue weighted by Crippen LogP contribution is 2.11. The van der Waals surface area contributed by atoms with Crippen molar-refractivity contribution in [2.45, 2.75) is 13.5 Å². The first-order chi connectivity index (χ1) is 6.75. The molecule has 0 unspecified atom stereocenters. The van der Waals surface area contributed by atoms with Gasteiger partial charge in [-0.3, -0.25) is 4.57 Å². The van der Waals surface area contributed by atoms with Gasteiger partial charge in [0, 0.05) is 6.20 Å². The minimum atomic E-state index is 0. The first-order valence-electron chi connectivity index (χ1n) is 4.52. The summed E-state index contributed by atoms with van der Waals surface area (Å²) in [6, 6.07) is 10.1. The van der Waals surface area contributed by atoms with E-state index in [2.05, 4.69) is 4.98 Å². The first kappa shape index (κ1) is 11.6. The minimum Gasteiger partial charge on any atom is -0.480 e. The summed E-state index contributed by atoms with van der Waals surface area (Å²) in [6.07, 6.45) is 1.84. The molecule has 4 heteroatoms. The quantitative estimate of drug-likeness (QED) is 0.851. The fourth-order valence-electron chi connectivity index (χ4n) is 1.43. The zero-order valence-electron chi connectivity index (χ0n) is 8.42. The van der Waals surface area contributed by atoms with Gasteiger partial charge >= 0.3 is 0 Å². The molecule has 0 amide bonds. The number of hydrogen-bond donors (Lipinski definition) is 1. The lowest BCUT2D eigenvalue weighted by Gasteiger charge is -2.02. The third kappa shape index (κ3) is 2.73. The molecule has 1 aromatic heterocycles. The molecule has 1 N–H and O–H groups in total. The molecule has 1 heterocycles. The maximum atomic E-state index is 9.44. The van der Waals surface area contributed by atoms with Crippen molar-refractivity contribution < 1.29 is 5.11 Å². The molecule has 2 aromatic rings. The van der Waals surface area contributed by atoms with Gasteiger partial charge in [-0.25, -0.2) is 4.98 Å². The smallest absolute Gasteiger partial charge is 0.294 e. The summed E-state index contributed by atoms with van der Waals surface area (Å²) in [5, 5.41) is 9.44. The number of nitrogens with zero attached hydrogens (tertiary/aromatic N) is 2. The Balaban J connectivity index is 0.00000112. The van der Waals surface area contributed by atoms with Gasteiger partial charge in [-0.1, -0.05) is 30.3 Å². The summed E-state index contributed by atoms with van der Waals surface area (Å²) in [4.78, 5) is 3.93. The number of benzene rings is 1. The summed E-state index contributed by atoms with van der Waals surface area (Å²) in [5.41, 5.74) is 1.98. The maximum absolute atomic E-state index is 9.44. The van der Waals surface area contributed by atoms with Crippen LogP contribution in [0.25, 0.3) is 0 Å². The molecule has 0 atom stereocenters. The summed E-state index contributed by atoms with van der Waals surface area (Å²) in [6.45, 7) is 2.52. The van der Waals surface area contributed by atoms with Crippen molar-refractivity contribution in [2.75, 3.05) is 0 Å². The van der Waals surface area contributed by atoms with Crippen LogP contribution in [0.15, 0.2) is 36.5 Å². The molecule has 2 rings (SSSR count). The molecule has 3 nitrogen and oxygen atoms in total. The predicted octanol–water partition coefficient (Wildman–Crippen LogP) is 2.37. The number of imidazole rings is 1. The molecule has 0 aliphatic carbocycles. The van der Waals surface area contributed by atoms with Crippen molar-refractivity contribution in [1.29, 1.82) is 0 Å². The molecule has 0 bridgehead atoms. The highest BCUT2D eigenvalue weighted by molar-refractivity contribution is 5.85.